The SMILES string of the molecule is COC(=O)Cc1ccc(CCCCOS(C)(=O)=O)cc1. The van der Waals surface area contributed by atoms with Crippen molar-refractivity contribution in [1.82, 2.24) is 0 Å². The first-order chi connectivity index (χ1) is 9.40. The van der Waals surface area contributed by atoms with Crippen molar-refractivity contribution in [1.29, 1.82) is 0 Å². The lowest BCUT2D eigenvalue weighted by Gasteiger charge is -2.04. The Labute approximate surface area is 120 Å². The highest BCUT2D eigenvalue weighted by atomic mass is 32.2. The second-order valence-electron chi connectivity index (χ2n) is 4.55. The standard InChI is InChI=1S/C14H20O5S/c1-18-14(15)11-13-8-6-12(7-9-13)5-3-4-10-19-20(2,16)17/h6-9H,3-5,10-11H2,1-2H3. The zero-order chi connectivity index (χ0) is 15.0. The topological polar surface area (TPSA) is 69.7 Å². The molecular formula is C14H20O5S. The molecule has 20 heavy (non-hydrogen) atoms. The van der Waals surface area contributed by atoms with E-state index < -0.39 is 10.1 Å². The van der Waals surface area contributed by atoms with Gasteiger partial charge in [-0.05, 0) is 30.4 Å². The van der Waals surface area contributed by atoms with E-state index in [1.807, 2.05) is 24.3 Å². The van der Waals surface area contributed by atoms with Gasteiger partial charge in [0.2, 0.25) is 0 Å². The molecule has 0 aliphatic heterocycles. The molecule has 0 fully saturated rings. The second-order valence-corrected chi connectivity index (χ2v) is 6.20. The maximum atomic E-state index is 11.1. The first-order valence-corrected chi connectivity index (χ1v) is 8.21. The van der Waals surface area contributed by atoms with Crippen LogP contribution in [-0.2, 0) is 36.7 Å². The monoisotopic (exact) mass is 300 g/mol. The van der Waals surface area contributed by atoms with Gasteiger partial charge < -0.3 is 4.74 Å². The molecule has 112 valence electrons. The maximum Gasteiger partial charge on any atom is 0.309 e. The lowest BCUT2D eigenvalue weighted by Crippen LogP contribution is -2.05. The Morgan fingerprint density at radius 3 is 2.25 bits per heavy atom. The van der Waals surface area contributed by atoms with Crippen LogP contribution in [0.2, 0.25) is 0 Å². The summed E-state index contributed by atoms with van der Waals surface area (Å²) in [5.74, 6) is -0.254. The van der Waals surface area contributed by atoms with Gasteiger partial charge in [-0.15, -0.1) is 0 Å². The molecule has 1 aromatic rings. The highest BCUT2D eigenvalue weighted by Gasteiger charge is 2.03. The number of esters is 1. The van der Waals surface area contributed by atoms with Gasteiger partial charge in [-0.2, -0.15) is 8.42 Å². The van der Waals surface area contributed by atoms with Gasteiger partial charge in [0.1, 0.15) is 0 Å². The fourth-order valence-corrected chi connectivity index (χ4v) is 2.12. The molecule has 5 nitrogen and oxygen atoms in total. The van der Waals surface area contributed by atoms with E-state index in [4.69, 9.17) is 0 Å². The Kier molecular flexibility index (Phi) is 6.67. The Morgan fingerprint density at radius 1 is 1.10 bits per heavy atom. The van der Waals surface area contributed by atoms with Crippen LogP contribution >= 0.6 is 0 Å². The molecule has 6 heteroatoms. The Balaban J connectivity index is 2.30. The summed E-state index contributed by atoms with van der Waals surface area (Å²) in [6.45, 7) is 0.221. The molecule has 0 radical (unpaired) electrons. The summed E-state index contributed by atoms with van der Waals surface area (Å²) >= 11 is 0. The molecule has 0 N–H and O–H groups in total. The number of benzene rings is 1. The third kappa shape index (κ3) is 7.25. The third-order valence-corrected chi connectivity index (χ3v) is 3.35. The van der Waals surface area contributed by atoms with Crippen LogP contribution in [0.5, 0.6) is 0 Å². The van der Waals surface area contributed by atoms with Crippen molar-refractivity contribution in [3.63, 3.8) is 0 Å². The van der Waals surface area contributed by atoms with E-state index in [1.165, 1.54) is 7.11 Å². The number of hydrogen-bond acceptors (Lipinski definition) is 5. The number of carbonyl (C=O) groups excluding carboxylic acids is 1. The highest BCUT2D eigenvalue weighted by Crippen LogP contribution is 2.09. The van der Waals surface area contributed by atoms with Crippen molar-refractivity contribution in [3.05, 3.63) is 35.4 Å². The zero-order valence-electron chi connectivity index (χ0n) is 11.8. The fraction of sp³-hybridized carbons (Fsp3) is 0.500. The van der Waals surface area contributed by atoms with Crippen LogP contribution in [0.4, 0.5) is 0 Å². The van der Waals surface area contributed by atoms with Crippen molar-refractivity contribution in [2.24, 2.45) is 0 Å². The van der Waals surface area contributed by atoms with E-state index in [9.17, 15) is 13.2 Å². The molecule has 0 heterocycles. The number of ether oxygens (including phenoxy) is 1. The maximum absolute atomic E-state index is 11.1. The first kappa shape index (κ1) is 16.7. The highest BCUT2D eigenvalue weighted by molar-refractivity contribution is 7.85. The van der Waals surface area contributed by atoms with Gasteiger partial charge in [0.25, 0.3) is 10.1 Å². The van der Waals surface area contributed by atoms with E-state index in [-0.39, 0.29) is 19.0 Å². The summed E-state index contributed by atoms with van der Waals surface area (Å²) < 4.78 is 30.8. The van der Waals surface area contributed by atoms with Gasteiger partial charge >= 0.3 is 5.97 Å². The number of rotatable bonds is 8. The van der Waals surface area contributed by atoms with E-state index in [0.29, 0.717) is 6.42 Å². The first-order valence-electron chi connectivity index (χ1n) is 6.40. The van der Waals surface area contributed by atoms with Gasteiger partial charge in [0.05, 0.1) is 26.4 Å². The summed E-state index contributed by atoms with van der Waals surface area (Å²) in [7, 11) is -1.96. The Morgan fingerprint density at radius 2 is 1.70 bits per heavy atom. The van der Waals surface area contributed by atoms with Crippen LogP contribution in [0.15, 0.2) is 24.3 Å². The number of unbranched alkanes of at least 4 members (excludes halogenated alkanes) is 1. The average molecular weight is 300 g/mol. The number of hydrogen-bond donors (Lipinski definition) is 0. The van der Waals surface area contributed by atoms with Crippen molar-refractivity contribution in [2.75, 3.05) is 20.0 Å². The van der Waals surface area contributed by atoms with Crippen LogP contribution in [0.25, 0.3) is 0 Å². The molecule has 0 aromatic heterocycles. The lowest BCUT2D eigenvalue weighted by molar-refractivity contribution is -0.139. The second kappa shape index (κ2) is 8.01. The quantitative estimate of drug-likeness (QED) is 0.415. The van der Waals surface area contributed by atoms with Crippen molar-refractivity contribution >= 4 is 16.1 Å². The fourth-order valence-electron chi connectivity index (χ4n) is 1.70. The van der Waals surface area contributed by atoms with Crippen molar-refractivity contribution in [3.8, 4) is 0 Å². The lowest BCUT2D eigenvalue weighted by atomic mass is 10.0. The molecule has 0 atom stereocenters. The largest absolute Gasteiger partial charge is 0.469 e. The zero-order valence-corrected chi connectivity index (χ0v) is 12.6. The molecule has 0 amide bonds. The summed E-state index contributed by atoms with van der Waals surface area (Å²) in [5, 5.41) is 0. The van der Waals surface area contributed by atoms with E-state index >= 15 is 0 Å². The molecule has 1 rings (SSSR count). The Hall–Kier alpha value is -1.40. The molecule has 0 aliphatic carbocycles. The minimum absolute atomic E-state index is 0.221. The normalized spacial score (nSPS) is 11.3. The molecule has 0 saturated carbocycles. The summed E-state index contributed by atoms with van der Waals surface area (Å²) in [6.07, 6.45) is 3.72. The smallest absolute Gasteiger partial charge is 0.309 e. The van der Waals surface area contributed by atoms with Crippen LogP contribution in [0.1, 0.15) is 24.0 Å². The van der Waals surface area contributed by atoms with E-state index in [0.717, 1.165) is 30.2 Å². The number of methoxy groups -OCH3 is 1. The van der Waals surface area contributed by atoms with E-state index in [1.54, 1.807) is 0 Å². The van der Waals surface area contributed by atoms with Crippen molar-refractivity contribution in [2.45, 2.75) is 25.7 Å². The number of carbonyl (C=O) groups is 1. The molecule has 0 spiro atoms. The minimum atomic E-state index is -3.33. The number of aryl methyl sites for hydroxylation is 1. The molecular weight excluding hydrogens is 280 g/mol. The molecule has 0 saturated heterocycles. The Bertz CT molecular complexity index is 519. The van der Waals surface area contributed by atoms with Crippen LogP contribution in [-0.4, -0.2) is 34.4 Å². The molecule has 1 aromatic carbocycles. The van der Waals surface area contributed by atoms with Gasteiger partial charge in [-0.3, -0.25) is 8.98 Å². The van der Waals surface area contributed by atoms with Gasteiger partial charge in [0, 0.05) is 0 Å². The summed E-state index contributed by atoms with van der Waals surface area (Å²) in [6, 6.07) is 7.74. The van der Waals surface area contributed by atoms with Crippen LogP contribution in [0.3, 0.4) is 0 Å². The molecule has 0 aliphatic rings. The predicted octanol–water partition coefficient (Wildman–Crippen LogP) is 1.70. The average Bonchev–Trinajstić information content (AvgIpc) is 2.39. The third-order valence-electron chi connectivity index (χ3n) is 2.76. The van der Waals surface area contributed by atoms with Crippen LogP contribution in [0, 0.1) is 0 Å². The van der Waals surface area contributed by atoms with Crippen LogP contribution < -0.4 is 0 Å². The predicted molar refractivity (Wildman–Crippen MR) is 75.9 cm³/mol. The molecule has 0 unspecified atom stereocenters. The van der Waals surface area contributed by atoms with Gasteiger partial charge in [-0.1, -0.05) is 24.3 Å². The minimum Gasteiger partial charge on any atom is -0.469 e. The van der Waals surface area contributed by atoms with Gasteiger partial charge in [0.15, 0.2) is 0 Å². The summed E-state index contributed by atoms with van der Waals surface area (Å²) in [4.78, 5) is 11.1. The summed E-state index contributed by atoms with van der Waals surface area (Å²) in [5.41, 5.74) is 2.07. The van der Waals surface area contributed by atoms with E-state index in [2.05, 4.69) is 8.92 Å². The van der Waals surface area contributed by atoms with Gasteiger partial charge in [-0.25, -0.2) is 0 Å². The van der Waals surface area contributed by atoms with Crippen molar-refractivity contribution < 1.29 is 22.1 Å². The molecule has 0 bridgehead atoms.